The zero-order valence-electron chi connectivity index (χ0n) is 13.9. The summed E-state index contributed by atoms with van der Waals surface area (Å²) < 4.78 is 16.5. The fourth-order valence-electron chi connectivity index (χ4n) is 2.36. The van der Waals surface area contributed by atoms with Crippen LogP contribution in [0.25, 0.3) is 10.9 Å². The van der Waals surface area contributed by atoms with Crippen LogP contribution in [0, 0.1) is 6.92 Å². The van der Waals surface area contributed by atoms with Gasteiger partial charge in [0.15, 0.2) is 17.3 Å². The molecule has 1 aromatic carbocycles. The van der Waals surface area contributed by atoms with Crippen molar-refractivity contribution in [1.82, 2.24) is 14.7 Å². The zero-order valence-corrected chi connectivity index (χ0v) is 13.9. The molecule has 0 spiro atoms. The molecule has 0 fully saturated rings. The third-order valence-electron chi connectivity index (χ3n) is 3.54. The fraction of sp³-hybridized carbons (Fsp3) is 0.250. The van der Waals surface area contributed by atoms with Gasteiger partial charge in [-0.1, -0.05) is 5.16 Å². The number of anilines is 1. The Morgan fingerprint density at radius 3 is 2.60 bits per heavy atom. The Morgan fingerprint density at radius 2 is 1.96 bits per heavy atom. The van der Waals surface area contributed by atoms with E-state index in [1.807, 2.05) is 0 Å². The number of fused-ring (bicyclic) bond motifs is 1. The van der Waals surface area contributed by atoms with E-state index in [4.69, 9.17) is 14.0 Å². The first kappa shape index (κ1) is 16.5. The second kappa shape index (κ2) is 6.63. The Morgan fingerprint density at radius 1 is 1.24 bits per heavy atom. The van der Waals surface area contributed by atoms with Gasteiger partial charge >= 0.3 is 0 Å². The minimum absolute atomic E-state index is 0.206. The van der Waals surface area contributed by atoms with Crippen molar-refractivity contribution in [2.45, 2.75) is 13.5 Å². The van der Waals surface area contributed by atoms with Crippen LogP contribution in [0.3, 0.4) is 0 Å². The Hall–Kier alpha value is -3.36. The Kier molecular flexibility index (Phi) is 4.38. The number of hydrogen-bond acceptors (Lipinski definition) is 7. The molecule has 0 aliphatic heterocycles. The quantitative estimate of drug-likeness (QED) is 0.744. The number of benzene rings is 1. The molecule has 2 heterocycles. The molecule has 1 amide bonds. The maximum Gasteiger partial charge on any atom is 0.261 e. The molecule has 1 N–H and O–H groups in total. The van der Waals surface area contributed by atoms with Gasteiger partial charge in [0.1, 0.15) is 12.3 Å². The molecule has 0 atom stereocenters. The summed E-state index contributed by atoms with van der Waals surface area (Å²) in [6.07, 6.45) is 1.31. The van der Waals surface area contributed by atoms with Crippen LogP contribution in [0.5, 0.6) is 11.5 Å². The van der Waals surface area contributed by atoms with Gasteiger partial charge in [0.2, 0.25) is 5.91 Å². The zero-order chi connectivity index (χ0) is 18.0. The number of methoxy groups -OCH3 is 2. The monoisotopic (exact) mass is 344 g/mol. The van der Waals surface area contributed by atoms with Crippen molar-refractivity contribution in [2.75, 3.05) is 19.5 Å². The van der Waals surface area contributed by atoms with Gasteiger partial charge < -0.3 is 19.3 Å². The highest BCUT2D eigenvalue weighted by Crippen LogP contribution is 2.29. The molecule has 0 bridgehead atoms. The molecule has 130 valence electrons. The Bertz CT molecular complexity index is 992. The normalized spacial score (nSPS) is 10.7. The van der Waals surface area contributed by atoms with Crippen molar-refractivity contribution >= 4 is 22.6 Å². The molecule has 2 aromatic heterocycles. The van der Waals surface area contributed by atoms with Gasteiger partial charge in [-0.3, -0.25) is 14.2 Å². The highest BCUT2D eigenvalue weighted by atomic mass is 16.5. The lowest BCUT2D eigenvalue weighted by Crippen LogP contribution is -2.28. The summed E-state index contributed by atoms with van der Waals surface area (Å²) in [7, 11) is 2.98. The highest BCUT2D eigenvalue weighted by Gasteiger charge is 2.13. The van der Waals surface area contributed by atoms with Gasteiger partial charge in [-0.05, 0) is 13.0 Å². The predicted octanol–water partition coefficient (Wildman–Crippen LogP) is 1.35. The average molecular weight is 344 g/mol. The van der Waals surface area contributed by atoms with Crippen molar-refractivity contribution in [3.8, 4) is 11.5 Å². The summed E-state index contributed by atoms with van der Waals surface area (Å²) >= 11 is 0. The lowest BCUT2D eigenvalue weighted by atomic mass is 10.2. The van der Waals surface area contributed by atoms with E-state index >= 15 is 0 Å². The number of amides is 1. The second-order valence-electron chi connectivity index (χ2n) is 5.27. The number of carbonyl (C=O) groups excluding carboxylic acids is 1. The summed E-state index contributed by atoms with van der Waals surface area (Å²) in [6.45, 7) is 1.50. The lowest BCUT2D eigenvalue weighted by molar-refractivity contribution is -0.116. The lowest BCUT2D eigenvalue weighted by Gasteiger charge is -2.10. The minimum atomic E-state index is -0.419. The molecule has 0 saturated carbocycles. The van der Waals surface area contributed by atoms with Gasteiger partial charge in [-0.15, -0.1) is 0 Å². The molecule has 0 aliphatic rings. The maximum atomic E-state index is 12.6. The maximum absolute atomic E-state index is 12.6. The van der Waals surface area contributed by atoms with Gasteiger partial charge in [-0.25, -0.2) is 4.98 Å². The van der Waals surface area contributed by atoms with Gasteiger partial charge in [0.05, 0.1) is 31.4 Å². The SMILES string of the molecule is COc1cc2ncn(CC(=O)Nc3cc(C)on3)c(=O)c2cc1OC. The first-order chi connectivity index (χ1) is 12.0. The van der Waals surface area contributed by atoms with E-state index in [0.717, 1.165) is 0 Å². The number of rotatable bonds is 5. The van der Waals surface area contributed by atoms with Gasteiger partial charge in [0, 0.05) is 12.1 Å². The van der Waals surface area contributed by atoms with Crippen LogP contribution in [0.1, 0.15) is 5.76 Å². The molecule has 0 radical (unpaired) electrons. The molecule has 25 heavy (non-hydrogen) atoms. The topological polar surface area (TPSA) is 108 Å². The molecule has 3 rings (SSSR count). The van der Waals surface area contributed by atoms with Crippen LogP contribution in [-0.2, 0) is 11.3 Å². The van der Waals surface area contributed by atoms with Crippen molar-refractivity contribution in [3.63, 3.8) is 0 Å². The number of hydrogen-bond donors (Lipinski definition) is 1. The molecule has 3 aromatic rings. The number of ether oxygens (including phenoxy) is 2. The van der Waals surface area contributed by atoms with Crippen molar-refractivity contribution in [2.24, 2.45) is 0 Å². The van der Waals surface area contributed by atoms with E-state index in [9.17, 15) is 9.59 Å². The van der Waals surface area contributed by atoms with Crippen LogP contribution < -0.4 is 20.3 Å². The molecule has 0 saturated heterocycles. The number of aromatic nitrogens is 3. The van der Waals surface area contributed by atoms with Crippen molar-refractivity contribution in [1.29, 1.82) is 0 Å². The smallest absolute Gasteiger partial charge is 0.261 e. The van der Waals surface area contributed by atoms with Crippen LogP contribution >= 0.6 is 0 Å². The fourth-order valence-corrected chi connectivity index (χ4v) is 2.36. The predicted molar refractivity (Wildman–Crippen MR) is 89.0 cm³/mol. The first-order valence-corrected chi connectivity index (χ1v) is 7.36. The molecule has 9 nitrogen and oxygen atoms in total. The second-order valence-corrected chi connectivity index (χ2v) is 5.27. The molecular weight excluding hydrogens is 328 g/mol. The van der Waals surface area contributed by atoms with E-state index in [2.05, 4.69) is 15.5 Å². The summed E-state index contributed by atoms with van der Waals surface area (Å²) in [5, 5.41) is 6.55. The van der Waals surface area contributed by atoms with Crippen LogP contribution in [0.4, 0.5) is 5.82 Å². The largest absolute Gasteiger partial charge is 0.493 e. The minimum Gasteiger partial charge on any atom is -0.493 e. The van der Waals surface area contributed by atoms with E-state index in [1.165, 1.54) is 25.1 Å². The average Bonchev–Trinajstić information content (AvgIpc) is 3.01. The first-order valence-electron chi connectivity index (χ1n) is 7.36. The summed E-state index contributed by atoms with van der Waals surface area (Å²) in [5.74, 6) is 1.32. The summed E-state index contributed by atoms with van der Waals surface area (Å²) in [6, 6.07) is 4.73. The third kappa shape index (κ3) is 3.30. The number of nitrogens with one attached hydrogen (secondary N) is 1. The van der Waals surface area contributed by atoms with Gasteiger partial charge in [0.25, 0.3) is 5.56 Å². The Labute approximate surface area is 142 Å². The Balaban J connectivity index is 1.90. The van der Waals surface area contributed by atoms with E-state index < -0.39 is 5.91 Å². The number of nitrogens with zero attached hydrogens (tertiary/aromatic N) is 3. The van der Waals surface area contributed by atoms with E-state index in [-0.39, 0.29) is 17.9 Å². The molecule has 9 heteroatoms. The number of aryl methyl sites for hydroxylation is 1. The standard InChI is InChI=1S/C16H16N4O5/c1-9-4-14(19-25-9)18-15(21)7-20-8-17-11-6-13(24-3)12(23-2)5-10(11)16(20)22/h4-6,8H,7H2,1-3H3,(H,18,19,21). The summed E-state index contributed by atoms with van der Waals surface area (Å²) in [4.78, 5) is 28.9. The highest BCUT2D eigenvalue weighted by molar-refractivity contribution is 5.90. The number of carbonyl (C=O) groups is 1. The van der Waals surface area contributed by atoms with Crippen molar-refractivity contribution < 1.29 is 18.8 Å². The van der Waals surface area contributed by atoms with E-state index in [1.54, 1.807) is 25.1 Å². The van der Waals surface area contributed by atoms with Crippen LogP contribution in [-0.4, -0.2) is 34.8 Å². The van der Waals surface area contributed by atoms with Gasteiger partial charge in [-0.2, -0.15) is 0 Å². The van der Waals surface area contributed by atoms with E-state index in [0.29, 0.717) is 28.2 Å². The molecule has 0 unspecified atom stereocenters. The molecule has 0 aliphatic carbocycles. The summed E-state index contributed by atoms with van der Waals surface area (Å²) in [5.41, 5.74) is 0.0869. The molecular formula is C16H16N4O5. The van der Waals surface area contributed by atoms with Crippen LogP contribution in [0.15, 0.2) is 33.8 Å². The van der Waals surface area contributed by atoms with Crippen molar-refractivity contribution in [3.05, 3.63) is 40.6 Å². The third-order valence-corrected chi connectivity index (χ3v) is 3.54. The van der Waals surface area contributed by atoms with Crippen LogP contribution in [0.2, 0.25) is 0 Å².